The van der Waals surface area contributed by atoms with Crippen LogP contribution < -0.4 is 11.1 Å². The molecular weight excluding hydrogens is 284 g/mol. The van der Waals surface area contributed by atoms with Crippen molar-refractivity contribution in [2.45, 2.75) is 12.8 Å². The second-order valence-corrected chi connectivity index (χ2v) is 5.24. The van der Waals surface area contributed by atoms with E-state index in [2.05, 4.69) is 5.32 Å². The third-order valence-corrected chi connectivity index (χ3v) is 3.48. The minimum Gasteiger partial charge on any atom is -0.469 e. The summed E-state index contributed by atoms with van der Waals surface area (Å²) in [6.07, 6.45) is 2.78. The molecule has 2 aromatic rings. The zero-order valence-electron chi connectivity index (χ0n) is 11.6. The summed E-state index contributed by atoms with van der Waals surface area (Å²) < 4.78 is 5.22. The summed E-state index contributed by atoms with van der Waals surface area (Å²) in [5.41, 5.74) is 6.74. The molecule has 0 aliphatic rings. The number of hydrogen-bond acceptors (Lipinski definition) is 3. The largest absolute Gasteiger partial charge is 0.469 e. The lowest BCUT2D eigenvalue weighted by atomic mass is 9.98. The molecule has 0 aliphatic carbocycles. The van der Waals surface area contributed by atoms with Crippen molar-refractivity contribution < 1.29 is 9.21 Å². The second kappa shape index (κ2) is 7.59. The summed E-state index contributed by atoms with van der Waals surface area (Å²) in [4.78, 5) is 12.4. The fraction of sp³-hybridized carbons (Fsp3) is 0.250. The number of carbonyl (C=O) groups is 1. The lowest BCUT2D eigenvalue weighted by Crippen LogP contribution is -2.39. The maximum absolute atomic E-state index is 12.2. The highest BCUT2D eigenvalue weighted by molar-refractivity contribution is 7.80. The van der Waals surface area contributed by atoms with Crippen LogP contribution in [-0.4, -0.2) is 17.4 Å². The molecule has 0 saturated carbocycles. The third-order valence-electron chi connectivity index (χ3n) is 3.19. The van der Waals surface area contributed by atoms with Gasteiger partial charge in [-0.15, -0.1) is 0 Å². The van der Waals surface area contributed by atoms with Crippen LogP contribution in [0.3, 0.4) is 0 Å². The van der Waals surface area contributed by atoms with Gasteiger partial charge in [0.15, 0.2) is 0 Å². The van der Waals surface area contributed by atoms with Crippen molar-refractivity contribution in [1.29, 1.82) is 0 Å². The van der Waals surface area contributed by atoms with E-state index < -0.39 is 5.92 Å². The Morgan fingerprint density at radius 3 is 2.62 bits per heavy atom. The Morgan fingerprint density at radius 2 is 2.00 bits per heavy atom. The van der Waals surface area contributed by atoms with E-state index in [1.54, 1.807) is 6.26 Å². The minimum absolute atomic E-state index is 0.141. The number of amides is 1. The molecule has 110 valence electrons. The van der Waals surface area contributed by atoms with Crippen molar-refractivity contribution in [2.24, 2.45) is 11.7 Å². The number of benzene rings is 1. The molecule has 3 N–H and O–H groups in total. The van der Waals surface area contributed by atoms with Crippen LogP contribution in [0.5, 0.6) is 0 Å². The molecule has 5 heteroatoms. The van der Waals surface area contributed by atoms with E-state index in [1.165, 1.54) is 0 Å². The Labute approximate surface area is 129 Å². The van der Waals surface area contributed by atoms with Gasteiger partial charge >= 0.3 is 0 Å². The molecule has 0 aliphatic heterocycles. The van der Waals surface area contributed by atoms with Crippen LogP contribution in [0.2, 0.25) is 0 Å². The van der Waals surface area contributed by atoms with Crippen molar-refractivity contribution in [3.63, 3.8) is 0 Å². The molecule has 0 saturated heterocycles. The third kappa shape index (κ3) is 4.72. The molecule has 0 bridgehead atoms. The summed E-state index contributed by atoms with van der Waals surface area (Å²) >= 11 is 5.02. The van der Waals surface area contributed by atoms with Gasteiger partial charge in [0.2, 0.25) is 5.91 Å². The van der Waals surface area contributed by atoms with Crippen molar-refractivity contribution in [2.75, 3.05) is 6.54 Å². The SMILES string of the molecule is NC(=S)C(Cc1ccccc1)C(=O)NCCc1ccco1. The number of carbonyl (C=O) groups excluding carboxylic acids is 1. The predicted molar refractivity (Wildman–Crippen MR) is 85.8 cm³/mol. The highest BCUT2D eigenvalue weighted by atomic mass is 32.1. The van der Waals surface area contributed by atoms with Crippen LogP contribution >= 0.6 is 12.2 Å². The maximum Gasteiger partial charge on any atom is 0.230 e. The number of thiocarbonyl (C=S) groups is 1. The van der Waals surface area contributed by atoms with E-state index in [9.17, 15) is 4.79 Å². The van der Waals surface area contributed by atoms with Gasteiger partial charge in [0, 0.05) is 13.0 Å². The molecular formula is C16H18N2O2S. The molecule has 1 amide bonds. The first-order chi connectivity index (χ1) is 10.2. The number of nitrogens with one attached hydrogen (secondary N) is 1. The van der Waals surface area contributed by atoms with Crippen molar-refractivity contribution in [3.05, 3.63) is 60.1 Å². The van der Waals surface area contributed by atoms with Gasteiger partial charge in [-0.05, 0) is 24.1 Å². The van der Waals surface area contributed by atoms with Crippen LogP contribution in [0.4, 0.5) is 0 Å². The van der Waals surface area contributed by atoms with E-state index in [1.807, 2.05) is 42.5 Å². The van der Waals surface area contributed by atoms with Crippen molar-refractivity contribution in [1.82, 2.24) is 5.32 Å². The second-order valence-electron chi connectivity index (χ2n) is 4.77. The van der Waals surface area contributed by atoms with Gasteiger partial charge < -0.3 is 15.5 Å². The van der Waals surface area contributed by atoms with Crippen molar-refractivity contribution >= 4 is 23.1 Å². The summed E-state index contributed by atoms with van der Waals surface area (Å²) in [6.45, 7) is 0.500. The van der Waals surface area contributed by atoms with Crippen LogP contribution in [0.15, 0.2) is 53.1 Å². The fourth-order valence-corrected chi connectivity index (χ4v) is 2.25. The Bertz CT molecular complexity index is 582. The zero-order chi connectivity index (χ0) is 15.1. The van der Waals surface area contributed by atoms with Crippen LogP contribution in [-0.2, 0) is 17.6 Å². The molecule has 1 aromatic carbocycles. The Kier molecular flexibility index (Phi) is 5.51. The van der Waals surface area contributed by atoms with Gasteiger partial charge in [0.25, 0.3) is 0 Å². The van der Waals surface area contributed by atoms with E-state index >= 15 is 0 Å². The van der Waals surface area contributed by atoms with Gasteiger partial charge in [-0.3, -0.25) is 4.79 Å². The molecule has 0 radical (unpaired) electrons. The first-order valence-corrected chi connectivity index (χ1v) is 7.21. The predicted octanol–water partition coefficient (Wildman–Crippen LogP) is 2.08. The molecule has 1 heterocycles. The Morgan fingerprint density at radius 1 is 1.24 bits per heavy atom. The van der Waals surface area contributed by atoms with E-state index in [0.29, 0.717) is 19.4 Å². The van der Waals surface area contributed by atoms with E-state index in [4.69, 9.17) is 22.4 Å². The van der Waals surface area contributed by atoms with Gasteiger partial charge in [0.05, 0.1) is 17.2 Å². The summed E-state index contributed by atoms with van der Waals surface area (Å²) in [5.74, 6) is 0.210. The molecule has 0 fully saturated rings. The summed E-state index contributed by atoms with van der Waals surface area (Å²) in [5, 5.41) is 2.86. The number of rotatable bonds is 7. The standard InChI is InChI=1S/C16H18N2O2S/c17-15(21)14(11-12-5-2-1-3-6-12)16(19)18-9-8-13-7-4-10-20-13/h1-7,10,14H,8-9,11H2,(H2,17,21)(H,18,19). The first kappa shape index (κ1) is 15.3. The normalized spacial score (nSPS) is 11.8. The molecule has 4 nitrogen and oxygen atoms in total. The first-order valence-electron chi connectivity index (χ1n) is 6.80. The molecule has 1 atom stereocenters. The molecule has 21 heavy (non-hydrogen) atoms. The lowest BCUT2D eigenvalue weighted by Gasteiger charge is -2.15. The van der Waals surface area contributed by atoms with Crippen LogP contribution in [0.25, 0.3) is 0 Å². The fourth-order valence-electron chi connectivity index (χ4n) is 2.06. The molecule has 0 spiro atoms. The van der Waals surface area contributed by atoms with Gasteiger partial charge in [-0.25, -0.2) is 0 Å². The topological polar surface area (TPSA) is 68.3 Å². The number of hydrogen-bond donors (Lipinski definition) is 2. The van der Waals surface area contributed by atoms with Crippen LogP contribution in [0, 0.1) is 5.92 Å². The molecule has 2 rings (SSSR count). The summed E-state index contributed by atoms with van der Waals surface area (Å²) in [6, 6.07) is 13.4. The Hall–Kier alpha value is -2.14. The monoisotopic (exact) mass is 302 g/mol. The van der Waals surface area contributed by atoms with E-state index in [0.717, 1.165) is 11.3 Å². The number of nitrogens with two attached hydrogens (primary N) is 1. The van der Waals surface area contributed by atoms with Gasteiger partial charge in [-0.1, -0.05) is 42.5 Å². The van der Waals surface area contributed by atoms with Gasteiger partial charge in [0.1, 0.15) is 5.76 Å². The van der Waals surface area contributed by atoms with E-state index in [-0.39, 0.29) is 10.9 Å². The van der Waals surface area contributed by atoms with Crippen molar-refractivity contribution in [3.8, 4) is 0 Å². The minimum atomic E-state index is -0.487. The summed E-state index contributed by atoms with van der Waals surface area (Å²) in [7, 11) is 0. The quantitative estimate of drug-likeness (QED) is 0.768. The molecule has 1 aromatic heterocycles. The Balaban J connectivity index is 1.88. The zero-order valence-corrected chi connectivity index (χ0v) is 12.4. The number of furan rings is 1. The lowest BCUT2D eigenvalue weighted by molar-refractivity contribution is -0.122. The average molecular weight is 302 g/mol. The maximum atomic E-state index is 12.2. The smallest absolute Gasteiger partial charge is 0.230 e. The average Bonchev–Trinajstić information content (AvgIpc) is 2.98. The highest BCUT2D eigenvalue weighted by Crippen LogP contribution is 2.10. The molecule has 1 unspecified atom stereocenters. The van der Waals surface area contributed by atoms with Gasteiger partial charge in [-0.2, -0.15) is 0 Å². The van der Waals surface area contributed by atoms with Crippen LogP contribution in [0.1, 0.15) is 11.3 Å². The highest BCUT2D eigenvalue weighted by Gasteiger charge is 2.21.